The number of hydrogen-bond acceptors (Lipinski definition) is 4. The summed E-state index contributed by atoms with van der Waals surface area (Å²) in [6.45, 7) is 0.680. The highest BCUT2D eigenvalue weighted by Crippen LogP contribution is 2.23. The van der Waals surface area contributed by atoms with E-state index in [1.165, 1.54) is 0 Å². The summed E-state index contributed by atoms with van der Waals surface area (Å²) in [7, 11) is 0. The Bertz CT molecular complexity index is 1250. The number of nitrogens with zero attached hydrogens (tertiary/aromatic N) is 3. The molecule has 0 bridgehead atoms. The molecule has 0 spiro atoms. The molecule has 0 radical (unpaired) electrons. The molecule has 132 valence electrons. The maximum Gasteiger partial charge on any atom is 0.261 e. The zero-order valence-corrected chi connectivity index (χ0v) is 14.7. The number of aromatic nitrogens is 2. The Kier molecular flexibility index (Phi) is 3.71. The SMILES string of the molecule is O=c1c2ccccc2nc2n1CCCC2=NNc1cccc2ccccc12. The van der Waals surface area contributed by atoms with Crippen LogP contribution in [0.4, 0.5) is 5.69 Å². The molecule has 4 aromatic rings. The Hall–Kier alpha value is -3.47. The van der Waals surface area contributed by atoms with Crippen molar-refractivity contribution >= 4 is 33.1 Å². The molecule has 5 heteroatoms. The van der Waals surface area contributed by atoms with E-state index in [4.69, 9.17) is 4.98 Å². The highest BCUT2D eigenvalue weighted by atomic mass is 16.1. The molecule has 0 fully saturated rings. The predicted octanol–water partition coefficient (Wildman–Crippen LogP) is 4.16. The number of rotatable bonds is 2. The third kappa shape index (κ3) is 2.68. The zero-order chi connectivity index (χ0) is 18.2. The fourth-order valence-corrected chi connectivity index (χ4v) is 3.67. The van der Waals surface area contributed by atoms with Crippen molar-refractivity contribution in [3.05, 3.63) is 82.9 Å². The van der Waals surface area contributed by atoms with Gasteiger partial charge in [0, 0.05) is 11.9 Å². The lowest BCUT2D eigenvalue weighted by Gasteiger charge is -2.20. The van der Waals surface area contributed by atoms with Crippen LogP contribution in [0.5, 0.6) is 0 Å². The molecule has 0 saturated carbocycles. The summed E-state index contributed by atoms with van der Waals surface area (Å²) in [6.07, 6.45) is 1.67. The molecule has 3 aromatic carbocycles. The zero-order valence-electron chi connectivity index (χ0n) is 14.7. The van der Waals surface area contributed by atoms with Crippen LogP contribution < -0.4 is 11.0 Å². The van der Waals surface area contributed by atoms with Crippen LogP contribution in [0, 0.1) is 0 Å². The molecule has 1 aliphatic rings. The fourth-order valence-electron chi connectivity index (χ4n) is 3.67. The summed E-state index contributed by atoms with van der Waals surface area (Å²) in [4.78, 5) is 17.5. The molecule has 2 heterocycles. The maximum atomic E-state index is 12.8. The second kappa shape index (κ2) is 6.36. The van der Waals surface area contributed by atoms with E-state index in [0.29, 0.717) is 23.3 Å². The third-order valence-corrected chi connectivity index (χ3v) is 5.02. The van der Waals surface area contributed by atoms with Crippen LogP contribution >= 0.6 is 0 Å². The van der Waals surface area contributed by atoms with E-state index >= 15 is 0 Å². The van der Waals surface area contributed by atoms with Gasteiger partial charge in [-0.3, -0.25) is 14.8 Å². The first-order valence-electron chi connectivity index (χ1n) is 9.11. The summed E-state index contributed by atoms with van der Waals surface area (Å²) in [6, 6.07) is 21.8. The number of nitrogens with one attached hydrogen (secondary N) is 1. The molecule has 0 aliphatic carbocycles. The van der Waals surface area contributed by atoms with Crippen LogP contribution in [-0.2, 0) is 6.54 Å². The summed E-state index contributed by atoms with van der Waals surface area (Å²) < 4.78 is 1.75. The van der Waals surface area contributed by atoms with E-state index in [-0.39, 0.29) is 5.56 Å². The first kappa shape index (κ1) is 15.8. The van der Waals surface area contributed by atoms with Crippen LogP contribution in [0.3, 0.4) is 0 Å². The number of hydrazone groups is 1. The largest absolute Gasteiger partial charge is 0.291 e. The second-order valence-electron chi connectivity index (χ2n) is 6.71. The van der Waals surface area contributed by atoms with Gasteiger partial charge in [0.1, 0.15) is 5.71 Å². The van der Waals surface area contributed by atoms with Gasteiger partial charge in [0.15, 0.2) is 5.82 Å². The summed E-state index contributed by atoms with van der Waals surface area (Å²) in [5, 5.41) is 7.57. The van der Waals surface area contributed by atoms with Gasteiger partial charge < -0.3 is 0 Å². The molecule has 0 atom stereocenters. The molecule has 0 unspecified atom stereocenters. The molecule has 5 nitrogen and oxygen atoms in total. The number of anilines is 1. The lowest BCUT2D eigenvalue weighted by molar-refractivity contribution is 0.597. The minimum absolute atomic E-state index is 0.00756. The Balaban J connectivity index is 1.60. The Morgan fingerprint density at radius 3 is 2.63 bits per heavy atom. The minimum atomic E-state index is 0.00756. The van der Waals surface area contributed by atoms with Gasteiger partial charge >= 0.3 is 0 Å². The van der Waals surface area contributed by atoms with E-state index in [0.717, 1.165) is 35.0 Å². The highest BCUT2D eigenvalue weighted by Gasteiger charge is 2.20. The van der Waals surface area contributed by atoms with Crippen molar-refractivity contribution in [1.29, 1.82) is 0 Å². The standard InChI is InChI=1S/C22H18N4O/c27-22-17-10-3-4-11-18(17)23-21-20(13-6-14-26(21)22)25-24-19-12-5-8-15-7-1-2-9-16(15)19/h1-5,7-12,24H,6,13-14H2. The Morgan fingerprint density at radius 2 is 1.70 bits per heavy atom. The van der Waals surface area contributed by atoms with Crippen molar-refractivity contribution in [2.45, 2.75) is 19.4 Å². The van der Waals surface area contributed by atoms with Gasteiger partial charge in [-0.1, -0.05) is 48.5 Å². The summed E-state index contributed by atoms with van der Waals surface area (Å²) in [5.74, 6) is 0.665. The lowest BCUT2D eigenvalue weighted by Crippen LogP contribution is -2.32. The maximum absolute atomic E-state index is 12.8. The Labute approximate surface area is 156 Å². The van der Waals surface area contributed by atoms with Gasteiger partial charge in [-0.2, -0.15) is 5.10 Å². The first-order valence-corrected chi connectivity index (χ1v) is 9.11. The molecule has 0 amide bonds. The van der Waals surface area contributed by atoms with Gasteiger partial charge in [0.05, 0.1) is 16.6 Å². The van der Waals surface area contributed by atoms with Crippen LogP contribution in [0.2, 0.25) is 0 Å². The van der Waals surface area contributed by atoms with Gasteiger partial charge in [-0.05, 0) is 36.4 Å². The van der Waals surface area contributed by atoms with Crippen LogP contribution in [0.25, 0.3) is 21.7 Å². The summed E-state index contributed by atoms with van der Waals surface area (Å²) >= 11 is 0. The van der Waals surface area contributed by atoms with Crippen molar-refractivity contribution < 1.29 is 0 Å². The Morgan fingerprint density at radius 1 is 0.926 bits per heavy atom. The minimum Gasteiger partial charge on any atom is -0.291 e. The molecule has 5 rings (SSSR count). The lowest BCUT2D eigenvalue weighted by atomic mass is 10.1. The quantitative estimate of drug-likeness (QED) is 0.550. The second-order valence-corrected chi connectivity index (χ2v) is 6.71. The van der Waals surface area contributed by atoms with Gasteiger partial charge in [0.2, 0.25) is 0 Å². The first-order chi connectivity index (χ1) is 13.3. The molecular formula is C22H18N4O. The number of hydrogen-bond donors (Lipinski definition) is 1. The van der Waals surface area contributed by atoms with E-state index in [1.54, 1.807) is 4.57 Å². The number of benzene rings is 3. The van der Waals surface area contributed by atoms with Crippen molar-refractivity contribution in [1.82, 2.24) is 9.55 Å². The van der Waals surface area contributed by atoms with Crippen LogP contribution in [-0.4, -0.2) is 15.3 Å². The normalized spacial score (nSPS) is 15.2. The molecule has 27 heavy (non-hydrogen) atoms. The number of fused-ring (bicyclic) bond motifs is 3. The van der Waals surface area contributed by atoms with Crippen molar-refractivity contribution in [3.63, 3.8) is 0 Å². The molecular weight excluding hydrogens is 336 g/mol. The van der Waals surface area contributed by atoms with Gasteiger partial charge in [-0.25, -0.2) is 4.98 Å². The van der Waals surface area contributed by atoms with E-state index in [9.17, 15) is 4.79 Å². The topological polar surface area (TPSA) is 59.3 Å². The molecule has 0 saturated heterocycles. The third-order valence-electron chi connectivity index (χ3n) is 5.02. The van der Waals surface area contributed by atoms with E-state index in [2.05, 4.69) is 28.7 Å². The van der Waals surface area contributed by atoms with Gasteiger partial charge in [0.25, 0.3) is 5.56 Å². The van der Waals surface area contributed by atoms with E-state index in [1.807, 2.05) is 48.5 Å². The highest BCUT2D eigenvalue weighted by molar-refractivity contribution is 6.01. The smallest absolute Gasteiger partial charge is 0.261 e. The van der Waals surface area contributed by atoms with Crippen LogP contribution in [0.1, 0.15) is 18.7 Å². The average Bonchev–Trinajstić information content (AvgIpc) is 2.72. The average molecular weight is 354 g/mol. The predicted molar refractivity (Wildman–Crippen MR) is 109 cm³/mol. The van der Waals surface area contributed by atoms with Gasteiger partial charge in [-0.15, -0.1) is 0 Å². The van der Waals surface area contributed by atoms with Crippen LogP contribution in [0.15, 0.2) is 76.6 Å². The monoisotopic (exact) mass is 354 g/mol. The molecule has 1 aromatic heterocycles. The fraction of sp³-hybridized carbons (Fsp3) is 0.136. The molecule has 1 N–H and O–H groups in total. The molecule has 1 aliphatic heterocycles. The van der Waals surface area contributed by atoms with Crippen molar-refractivity contribution in [3.8, 4) is 0 Å². The number of para-hydroxylation sites is 1. The van der Waals surface area contributed by atoms with E-state index < -0.39 is 0 Å². The summed E-state index contributed by atoms with van der Waals surface area (Å²) in [5.41, 5.74) is 5.68. The van der Waals surface area contributed by atoms with Crippen molar-refractivity contribution in [2.24, 2.45) is 5.10 Å². The van der Waals surface area contributed by atoms with Crippen molar-refractivity contribution in [2.75, 3.05) is 5.43 Å².